The van der Waals surface area contributed by atoms with Gasteiger partial charge in [-0.1, -0.05) is 11.6 Å². The Morgan fingerprint density at radius 2 is 2.00 bits per heavy atom. The first-order valence-electron chi connectivity index (χ1n) is 5.83. The maximum absolute atomic E-state index is 12.4. The first kappa shape index (κ1) is 14.2. The number of aryl methyl sites for hydroxylation is 2. The highest BCUT2D eigenvalue weighted by Crippen LogP contribution is 2.27. The highest BCUT2D eigenvalue weighted by Gasteiger charge is 2.25. The van der Waals surface area contributed by atoms with Crippen LogP contribution in [0.5, 0.6) is 0 Å². The Bertz CT molecular complexity index is 931. The smallest absolute Gasteiger partial charge is 0.266 e. The summed E-state index contributed by atoms with van der Waals surface area (Å²) in [5.74, 6) is 0. The second-order valence-electron chi connectivity index (χ2n) is 4.40. The molecule has 1 aromatic carbocycles. The summed E-state index contributed by atoms with van der Waals surface area (Å²) in [6.45, 7) is 1.59. The molecular weight excluding hydrogens is 334 g/mol. The first-order chi connectivity index (χ1) is 9.88. The number of benzene rings is 1. The molecule has 1 N–H and O–H groups in total. The Kier molecular flexibility index (Phi) is 3.34. The van der Waals surface area contributed by atoms with E-state index in [0.717, 1.165) is 17.2 Å². The van der Waals surface area contributed by atoms with Gasteiger partial charge in [0.25, 0.3) is 10.0 Å². The van der Waals surface area contributed by atoms with Crippen molar-refractivity contribution in [2.45, 2.75) is 11.8 Å². The summed E-state index contributed by atoms with van der Waals surface area (Å²) in [6, 6.07) is 4.95. The Morgan fingerprint density at radius 1 is 1.29 bits per heavy atom. The van der Waals surface area contributed by atoms with Crippen molar-refractivity contribution in [3.05, 3.63) is 29.0 Å². The van der Waals surface area contributed by atoms with Gasteiger partial charge in [0.2, 0.25) is 0 Å². The highest BCUT2D eigenvalue weighted by molar-refractivity contribution is 7.92. The fourth-order valence-electron chi connectivity index (χ4n) is 1.97. The second kappa shape index (κ2) is 4.93. The lowest BCUT2D eigenvalue weighted by Crippen LogP contribution is -2.14. The number of aromatic nitrogens is 4. The number of sulfonamides is 1. The number of nitrogens with one attached hydrogen (secondary N) is 1. The molecule has 10 heteroatoms. The van der Waals surface area contributed by atoms with E-state index in [-0.39, 0.29) is 10.0 Å². The molecule has 2 aromatic heterocycles. The predicted molar refractivity (Wildman–Crippen MR) is 81.2 cm³/mol. The number of rotatable bonds is 3. The minimum Gasteiger partial charge on any atom is -0.279 e. The number of nitrogens with zero attached hydrogens (tertiary/aromatic N) is 4. The molecule has 0 amide bonds. The van der Waals surface area contributed by atoms with Crippen molar-refractivity contribution < 1.29 is 8.42 Å². The zero-order valence-electron chi connectivity index (χ0n) is 11.0. The van der Waals surface area contributed by atoms with Crippen LogP contribution in [0.3, 0.4) is 0 Å². The molecule has 7 nitrogen and oxygen atoms in total. The van der Waals surface area contributed by atoms with E-state index in [1.165, 1.54) is 4.68 Å². The monoisotopic (exact) mass is 343 g/mol. The van der Waals surface area contributed by atoms with Gasteiger partial charge in [-0.3, -0.25) is 9.40 Å². The van der Waals surface area contributed by atoms with Crippen LogP contribution in [0.25, 0.3) is 11.0 Å². The summed E-state index contributed by atoms with van der Waals surface area (Å²) in [4.78, 5) is -0.0248. The van der Waals surface area contributed by atoms with Crippen LogP contribution < -0.4 is 4.72 Å². The Morgan fingerprint density at radius 3 is 2.67 bits per heavy atom. The molecule has 3 aromatic rings. The van der Waals surface area contributed by atoms with Gasteiger partial charge in [-0.2, -0.15) is 13.8 Å². The predicted octanol–water partition coefficient (Wildman–Crippen LogP) is 2.19. The Balaban J connectivity index is 2.02. The van der Waals surface area contributed by atoms with Crippen LogP contribution in [0.4, 0.5) is 5.69 Å². The topological polar surface area (TPSA) is 89.8 Å². The van der Waals surface area contributed by atoms with Crippen LogP contribution in [0.2, 0.25) is 5.15 Å². The van der Waals surface area contributed by atoms with E-state index in [4.69, 9.17) is 11.6 Å². The van der Waals surface area contributed by atoms with Crippen LogP contribution in [-0.2, 0) is 17.1 Å². The van der Waals surface area contributed by atoms with E-state index >= 15 is 0 Å². The third-order valence-corrected chi connectivity index (χ3v) is 5.51. The third kappa shape index (κ3) is 2.47. The zero-order valence-corrected chi connectivity index (χ0v) is 13.4. The molecule has 0 fully saturated rings. The van der Waals surface area contributed by atoms with E-state index in [2.05, 4.69) is 18.6 Å². The van der Waals surface area contributed by atoms with Crippen LogP contribution in [0, 0.1) is 6.92 Å². The number of halogens is 1. The van der Waals surface area contributed by atoms with Gasteiger partial charge in [-0.15, -0.1) is 0 Å². The van der Waals surface area contributed by atoms with Gasteiger partial charge in [-0.25, -0.2) is 8.42 Å². The van der Waals surface area contributed by atoms with Gasteiger partial charge < -0.3 is 0 Å². The molecule has 0 unspecified atom stereocenters. The number of fused-ring (bicyclic) bond motifs is 1. The quantitative estimate of drug-likeness (QED) is 0.787. The van der Waals surface area contributed by atoms with Gasteiger partial charge >= 0.3 is 0 Å². The number of anilines is 1. The molecule has 0 saturated heterocycles. The van der Waals surface area contributed by atoms with E-state index in [1.54, 1.807) is 32.2 Å². The molecule has 2 heterocycles. The van der Waals surface area contributed by atoms with Gasteiger partial charge in [0.1, 0.15) is 21.1 Å². The van der Waals surface area contributed by atoms with Gasteiger partial charge in [0.15, 0.2) is 0 Å². The number of hydrogen-bond acceptors (Lipinski definition) is 6. The molecule has 0 saturated carbocycles. The van der Waals surface area contributed by atoms with Crippen LogP contribution in [0.15, 0.2) is 23.1 Å². The lowest BCUT2D eigenvalue weighted by atomic mass is 10.3. The average molecular weight is 344 g/mol. The van der Waals surface area contributed by atoms with E-state index in [9.17, 15) is 8.42 Å². The molecule has 0 aliphatic heterocycles. The molecule has 0 bridgehead atoms. The van der Waals surface area contributed by atoms with E-state index in [0.29, 0.717) is 16.9 Å². The fraction of sp³-hybridized carbons (Fsp3) is 0.182. The summed E-state index contributed by atoms with van der Waals surface area (Å²) >= 11 is 7.08. The normalized spacial score (nSPS) is 12.0. The lowest BCUT2D eigenvalue weighted by molar-refractivity contribution is 0.600. The summed E-state index contributed by atoms with van der Waals surface area (Å²) in [5.41, 5.74) is 2.09. The van der Waals surface area contributed by atoms with Crippen molar-refractivity contribution in [3.8, 4) is 0 Å². The molecule has 0 aliphatic rings. The molecule has 110 valence electrons. The minimum atomic E-state index is -3.82. The SMILES string of the molecule is Cc1nn(C)c(Cl)c1S(=O)(=O)Nc1ccc2nsnc2c1. The molecule has 3 rings (SSSR count). The second-order valence-corrected chi connectivity index (χ2v) is 6.91. The first-order valence-corrected chi connectivity index (χ1v) is 8.42. The van der Waals surface area contributed by atoms with Crippen molar-refractivity contribution in [1.82, 2.24) is 18.5 Å². The molecular formula is C11H10ClN5O2S2. The summed E-state index contributed by atoms with van der Waals surface area (Å²) < 4.78 is 36.8. The maximum atomic E-state index is 12.4. The van der Waals surface area contributed by atoms with Gasteiger partial charge in [0, 0.05) is 7.05 Å². The average Bonchev–Trinajstić information content (AvgIpc) is 2.94. The standard InChI is InChI=1S/C11H10ClN5O2S2/c1-6-10(11(12)17(2)13-6)21(18,19)16-7-3-4-8-9(5-7)15-20-14-8/h3-5,16H,1-2H3. The highest BCUT2D eigenvalue weighted by atomic mass is 35.5. The van der Waals surface area contributed by atoms with E-state index in [1.807, 2.05) is 0 Å². The molecule has 0 atom stereocenters. The zero-order chi connectivity index (χ0) is 15.2. The van der Waals surface area contributed by atoms with Crippen molar-refractivity contribution in [1.29, 1.82) is 0 Å². The molecule has 0 radical (unpaired) electrons. The third-order valence-electron chi connectivity index (χ3n) is 2.87. The van der Waals surface area contributed by atoms with Crippen LogP contribution in [-0.4, -0.2) is 26.9 Å². The molecule has 0 spiro atoms. The van der Waals surface area contributed by atoms with Crippen molar-refractivity contribution >= 4 is 50.1 Å². The fourth-order valence-corrected chi connectivity index (χ4v) is 4.29. The number of hydrogen-bond donors (Lipinski definition) is 1. The minimum absolute atomic E-state index is 0.0248. The van der Waals surface area contributed by atoms with Crippen LogP contribution >= 0.6 is 23.3 Å². The van der Waals surface area contributed by atoms with Crippen molar-refractivity contribution in [3.63, 3.8) is 0 Å². The van der Waals surface area contributed by atoms with E-state index < -0.39 is 10.0 Å². The Hall–Kier alpha value is -1.71. The Labute approximate surface area is 129 Å². The molecule has 21 heavy (non-hydrogen) atoms. The molecule has 0 aliphatic carbocycles. The largest absolute Gasteiger partial charge is 0.279 e. The van der Waals surface area contributed by atoms with Crippen molar-refractivity contribution in [2.75, 3.05) is 4.72 Å². The van der Waals surface area contributed by atoms with Gasteiger partial charge in [0.05, 0.1) is 23.1 Å². The lowest BCUT2D eigenvalue weighted by Gasteiger charge is -2.07. The summed E-state index contributed by atoms with van der Waals surface area (Å²) in [7, 11) is -2.23. The maximum Gasteiger partial charge on any atom is 0.266 e. The van der Waals surface area contributed by atoms with Crippen LogP contribution in [0.1, 0.15) is 5.69 Å². The summed E-state index contributed by atoms with van der Waals surface area (Å²) in [5, 5.41) is 4.07. The summed E-state index contributed by atoms with van der Waals surface area (Å²) in [6.07, 6.45) is 0. The van der Waals surface area contributed by atoms with Gasteiger partial charge in [-0.05, 0) is 25.1 Å². The van der Waals surface area contributed by atoms with Crippen molar-refractivity contribution in [2.24, 2.45) is 7.05 Å².